The summed E-state index contributed by atoms with van der Waals surface area (Å²) in [6.07, 6.45) is 0.879. The Morgan fingerprint density at radius 3 is 2.35 bits per heavy atom. The number of allylic oxidation sites excluding steroid dienone is 1. The summed E-state index contributed by atoms with van der Waals surface area (Å²) in [6, 6.07) is 12.6. The third-order valence-electron chi connectivity index (χ3n) is 5.53. The molecule has 2 N–H and O–H groups in total. The van der Waals surface area contributed by atoms with Gasteiger partial charge in [-0.1, -0.05) is 6.07 Å². The highest BCUT2D eigenvalue weighted by Gasteiger charge is 2.27. The molecular formula is C26H32N4O4. The molecule has 0 aromatic heterocycles. The normalized spacial score (nSPS) is 13.9. The van der Waals surface area contributed by atoms with Gasteiger partial charge in [-0.15, -0.1) is 0 Å². The fourth-order valence-electron chi connectivity index (χ4n) is 3.90. The van der Waals surface area contributed by atoms with Gasteiger partial charge in [-0.3, -0.25) is 9.59 Å². The molecule has 0 radical (unpaired) electrons. The minimum atomic E-state index is -0.423. The monoisotopic (exact) mass is 464 g/mol. The van der Waals surface area contributed by atoms with Crippen LogP contribution in [0.2, 0.25) is 0 Å². The summed E-state index contributed by atoms with van der Waals surface area (Å²) >= 11 is 0. The molecule has 0 unspecified atom stereocenters. The zero-order valence-electron chi connectivity index (χ0n) is 20.4. The zero-order chi connectivity index (χ0) is 24.8. The van der Waals surface area contributed by atoms with E-state index >= 15 is 0 Å². The molecular weight excluding hydrogens is 432 g/mol. The Hall–Kier alpha value is -3.65. The fourth-order valence-corrected chi connectivity index (χ4v) is 3.90. The van der Waals surface area contributed by atoms with E-state index in [2.05, 4.69) is 15.5 Å². The van der Waals surface area contributed by atoms with E-state index in [0.29, 0.717) is 29.1 Å². The minimum Gasteiger partial charge on any atom is -0.462 e. The van der Waals surface area contributed by atoms with Crippen molar-refractivity contribution >= 4 is 40.4 Å². The highest BCUT2D eigenvalue weighted by atomic mass is 16.5. The lowest BCUT2D eigenvalue weighted by molar-refractivity contribution is -0.116. The summed E-state index contributed by atoms with van der Waals surface area (Å²) in [7, 11) is 4.02. The van der Waals surface area contributed by atoms with E-state index in [-0.39, 0.29) is 18.4 Å². The molecule has 0 aliphatic carbocycles. The van der Waals surface area contributed by atoms with Crippen molar-refractivity contribution in [3.05, 3.63) is 59.3 Å². The Balaban J connectivity index is 1.77. The SMILES string of the molecule is CCOC(=O)c1ccc2c(c1)NC(=O)/C2=C(/C)Nc1ccc(N(CCCN(C)C)C(C)=O)cc1. The average Bonchev–Trinajstić information content (AvgIpc) is 3.12. The second kappa shape index (κ2) is 11.0. The standard InChI is InChI=1S/C26H32N4O4/c1-6-34-26(33)19-8-13-22-23(16-19)28-25(32)24(22)17(2)27-20-9-11-21(12-10-20)30(18(3)31)15-7-14-29(4)5/h8-13,16,27H,6-7,14-15H2,1-5H3,(H,28,32)/b24-17-. The number of nitrogens with one attached hydrogen (secondary N) is 2. The van der Waals surface area contributed by atoms with Crippen LogP contribution in [0.1, 0.15) is 43.1 Å². The molecule has 3 rings (SSSR count). The molecule has 2 aromatic rings. The molecule has 180 valence electrons. The smallest absolute Gasteiger partial charge is 0.338 e. The first-order valence-electron chi connectivity index (χ1n) is 11.3. The van der Waals surface area contributed by atoms with Crippen LogP contribution in [0, 0.1) is 0 Å². The lowest BCUT2D eigenvalue weighted by Gasteiger charge is -2.22. The van der Waals surface area contributed by atoms with Crippen molar-refractivity contribution < 1.29 is 19.1 Å². The highest BCUT2D eigenvalue weighted by Crippen LogP contribution is 2.35. The van der Waals surface area contributed by atoms with E-state index in [1.165, 1.54) is 0 Å². The first-order chi connectivity index (χ1) is 16.2. The second-order valence-electron chi connectivity index (χ2n) is 8.43. The van der Waals surface area contributed by atoms with Crippen LogP contribution in [0.5, 0.6) is 0 Å². The Morgan fingerprint density at radius 1 is 1.03 bits per heavy atom. The van der Waals surface area contributed by atoms with Gasteiger partial charge in [0.05, 0.1) is 23.4 Å². The number of hydrogen-bond acceptors (Lipinski definition) is 6. The van der Waals surface area contributed by atoms with Crippen LogP contribution < -0.4 is 15.5 Å². The highest BCUT2D eigenvalue weighted by molar-refractivity contribution is 6.32. The summed E-state index contributed by atoms with van der Waals surface area (Å²) in [5, 5.41) is 6.11. The molecule has 0 saturated heterocycles. The quantitative estimate of drug-likeness (QED) is 0.431. The number of anilines is 3. The Kier molecular flexibility index (Phi) is 8.07. The molecule has 0 fully saturated rings. The Labute approximate surface area is 200 Å². The largest absolute Gasteiger partial charge is 0.462 e. The van der Waals surface area contributed by atoms with Gasteiger partial charge in [-0.2, -0.15) is 0 Å². The summed E-state index contributed by atoms with van der Waals surface area (Å²) in [5.41, 5.74) is 4.53. The molecule has 0 bridgehead atoms. The summed E-state index contributed by atoms with van der Waals surface area (Å²) in [5.74, 6) is -0.659. The van der Waals surface area contributed by atoms with Crippen molar-refractivity contribution in [3.63, 3.8) is 0 Å². The second-order valence-corrected chi connectivity index (χ2v) is 8.43. The van der Waals surface area contributed by atoms with Crippen molar-refractivity contribution in [2.45, 2.75) is 27.2 Å². The predicted molar refractivity (Wildman–Crippen MR) is 135 cm³/mol. The van der Waals surface area contributed by atoms with E-state index in [4.69, 9.17) is 4.74 Å². The maximum Gasteiger partial charge on any atom is 0.338 e. The van der Waals surface area contributed by atoms with Gasteiger partial charge in [0.15, 0.2) is 0 Å². The number of hydrogen-bond donors (Lipinski definition) is 2. The maximum absolute atomic E-state index is 12.7. The Morgan fingerprint density at radius 2 is 1.74 bits per heavy atom. The van der Waals surface area contributed by atoms with Gasteiger partial charge in [0.1, 0.15) is 0 Å². The van der Waals surface area contributed by atoms with Crippen molar-refractivity contribution in [1.29, 1.82) is 0 Å². The van der Waals surface area contributed by atoms with Gasteiger partial charge >= 0.3 is 5.97 Å². The van der Waals surface area contributed by atoms with E-state index in [1.807, 2.05) is 45.3 Å². The number of nitrogens with zero attached hydrogens (tertiary/aromatic N) is 2. The minimum absolute atomic E-state index is 0.000754. The van der Waals surface area contributed by atoms with Crippen LogP contribution in [0.4, 0.5) is 17.1 Å². The molecule has 1 aliphatic rings. The van der Waals surface area contributed by atoms with Gasteiger partial charge in [0.25, 0.3) is 5.91 Å². The average molecular weight is 465 g/mol. The van der Waals surface area contributed by atoms with Gasteiger partial charge in [-0.05, 0) is 77.3 Å². The number of rotatable bonds is 9. The van der Waals surface area contributed by atoms with E-state index in [9.17, 15) is 14.4 Å². The van der Waals surface area contributed by atoms with Crippen LogP contribution in [0.25, 0.3) is 5.57 Å². The fraction of sp³-hybridized carbons (Fsp3) is 0.346. The van der Waals surface area contributed by atoms with Crippen molar-refractivity contribution in [2.75, 3.05) is 49.3 Å². The van der Waals surface area contributed by atoms with Gasteiger partial charge in [-0.25, -0.2) is 4.79 Å². The van der Waals surface area contributed by atoms with Crippen LogP contribution in [-0.4, -0.2) is 56.5 Å². The molecule has 1 heterocycles. The molecule has 8 nitrogen and oxygen atoms in total. The maximum atomic E-state index is 12.7. The van der Waals surface area contributed by atoms with Crippen LogP contribution in [0.3, 0.4) is 0 Å². The number of ether oxygens (including phenoxy) is 1. The van der Waals surface area contributed by atoms with E-state index in [0.717, 1.165) is 29.9 Å². The molecule has 1 aliphatic heterocycles. The molecule has 0 saturated carbocycles. The topological polar surface area (TPSA) is 91.0 Å². The van der Waals surface area contributed by atoms with Crippen molar-refractivity contribution in [2.24, 2.45) is 0 Å². The predicted octanol–water partition coefficient (Wildman–Crippen LogP) is 3.96. The Bertz CT molecular complexity index is 1110. The number of benzene rings is 2. The summed E-state index contributed by atoms with van der Waals surface area (Å²) in [4.78, 5) is 40.7. The number of carbonyl (C=O) groups excluding carboxylic acids is 3. The molecule has 8 heteroatoms. The van der Waals surface area contributed by atoms with Gasteiger partial charge in [0.2, 0.25) is 5.91 Å². The first-order valence-corrected chi connectivity index (χ1v) is 11.3. The lowest BCUT2D eigenvalue weighted by Crippen LogP contribution is -2.31. The molecule has 2 amide bonds. The third-order valence-corrected chi connectivity index (χ3v) is 5.53. The zero-order valence-corrected chi connectivity index (χ0v) is 20.4. The van der Waals surface area contributed by atoms with Gasteiger partial charge < -0.3 is 25.2 Å². The number of carbonyl (C=O) groups is 3. The third kappa shape index (κ3) is 5.82. The molecule has 0 spiro atoms. The number of fused-ring (bicyclic) bond motifs is 1. The van der Waals surface area contributed by atoms with Crippen LogP contribution >= 0.6 is 0 Å². The molecule has 2 aromatic carbocycles. The summed E-state index contributed by atoms with van der Waals surface area (Å²) in [6.45, 7) is 6.99. The van der Waals surface area contributed by atoms with Crippen LogP contribution in [0.15, 0.2) is 48.2 Å². The molecule has 34 heavy (non-hydrogen) atoms. The van der Waals surface area contributed by atoms with Crippen molar-refractivity contribution in [3.8, 4) is 0 Å². The van der Waals surface area contributed by atoms with Crippen molar-refractivity contribution in [1.82, 2.24) is 4.90 Å². The molecule has 0 atom stereocenters. The summed E-state index contributed by atoms with van der Waals surface area (Å²) < 4.78 is 5.04. The number of esters is 1. The van der Waals surface area contributed by atoms with E-state index in [1.54, 1.807) is 36.9 Å². The van der Waals surface area contributed by atoms with Crippen LogP contribution in [-0.2, 0) is 14.3 Å². The van der Waals surface area contributed by atoms with E-state index < -0.39 is 5.97 Å². The lowest BCUT2D eigenvalue weighted by atomic mass is 10.0. The first kappa shape index (κ1) is 25.0. The number of amides is 2. The van der Waals surface area contributed by atoms with Gasteiger partial charge in [0, 0.05) is 36.1 Å².